The Kier molecular flexibility index (Phi) is 78.8. The fourth-order valence-electron chi connectivity index (χ4n) is 7.91. The fourth-order valence-corrected chi connectivity index (χ4v) is 7.91. The molecule has 0 fully saturated rings. The molecule has 1 unspecified atom stereocenters. The minimum atomic E-state index is -0.375. The molecule has 0 heteroatoms. The molecule has 428 valence electrons. The smallest absolute Gasteiger partial charge is 0.0911 e. The molecule has 0 bridgehead atoms. The van der Waals surface area contributed by atoms with Gasteiger partial charge in [-0.15, -0.1) is 0 Å². The second-order valence-electron chi connectivity index (χ2n) is 17.9. The van der Waals surface area contributed by atoms with E-state index in [9.17, 15) is 0 Å². The van der Waals surface area contributed by atoms with Gasteiger partial charge < -0.3 is 0 Å². The van der Waals surface area contributed by atoms with E-state index in [4.69, 9.17) is 0 Å². The zero-order valence-corrected chi connectivity index (χ0v) is 44.4. The first-order valence-electron chi connectivity index (χ1n) is 25.7. The molecular weight excluding hydrogens is 889 g/mol. The Morgan fingerprint density at radius 3 is 0.649 bits per heavy atom. The van der Waals surface area contributed by atoms with Crippen LogP contribution in [0.5, 0.6) is 0 Å². The molecule has 0 radical (unpaired) electrons. The van der Waals surface area contributed by atoms with Gasteiger partial charge in [0.1, 0.15) is 0 Å². The molecule has 1 atom stereocenters. The molecule has 0 aromatic rings. The molecule has 0 aromatic heterocycles. The quantitative estimate of drug-likeness (QED) is 0.0541. The zero-order valence-electron chi connectivity index (χ0n) is 44.4. The summed E-state index contributed by atoms with van der Waals surface area (Å²) in [6, 6.07) is 0. The largest absolute Gasteiger partial charge is 0.0925 e. The third-order valence-electron chi connectivity index (χ3n) is 11.8. The monoisotopic (exact) mass is 1020 g/mol. The van der Waals surface area contributed by atoms with E-state index in [0.29, 0.717) is 0 Å². The van der Waals surface area contributed by atoms with Crippen molar-refractivity contribution in [2.24, 2.45) is 21.7 Å². The van der Waals surface area contributed by atoms with Crippen molar-refractivity contribution in [1.29, 1.82) is 0 Å². The lowest BCUT2D eigenvalue weighted by atomic mass is 9.74. The molecule has 74 heavy (non-hydrogen) atoms. The SMILES string of the molecule is C.C.C.C.C.C.C.C.CC#CC#CC(C)(C#CC#CC)CCCCC(C#CC#CC)(CCCCC)CCCCC.CC#CC#CC(C)(C#CC#CC)CCCCCC(C#CC#CC)(CCCCC)CCCCCC.[HH].[HH].[HH].[HH].[HH].[HH]. The van der Waals surface area contributed by atoms with Crippen LogP contribution in [-0.4, -0.2) is 0 Å². The highest BCUT2D eigenvalue weighted by Gasteiger charge is 2.29. The summed E-state index contributed by atoms with van der Waals surface area (Å²) in [5.41, 5.74) is -0.533. The topological polar surface area (TPSA) is 0 Å². The van der Waals surface area contributed by atoms with E-state index in [1.165, 1.54) is 122 Å². The van der Waals surface area contributed by atoms with Gasteiger partial charge in [-0.2, -0.15) is 0 Å². The fraction of sp³-hybridized carbons (Fsp3) is 0.676. The van der Waals surface area contributed by atoms with E-state index in [1.54, 1.807) is 13.8 Å². The molecule has 0 aliphatic rings. The number of rotatable bonds is 28. The third-order valence-corrected chi connectivity index (χ3v) is 11.8. The van der Waals surface area contributed by atoms with Crippen LogP contribution in [0.3, 0.4) is 0 Å². The van der Waals surface area contributed by atoms with Crippen molar-refractivity contribution in [3.05, 3.63) is 0 Å². The summed E-state index contributed by atoms with van der Waals surface area (Å²) in [6.45, 7) is 24.3. The first-order chi connectivity index (χ1) is 32.0. The molecule has 0 aliphatic heterocycles. The van der Waals surface area contributed by atoms with E-state index in [1.807, 2.05) is 27.7 Å². The highest BCUT2D eigenvalue weighted by molar-refractivity contribution is 5.38. The first kappa shape index (κ1) is 91.4. The van der Waals surface area contributed by atoms with E-state index in [2.05, 4.69) is 184 Å². The van der Waals surface area contributed by atoms with E-state index in [0.717, 1.165) is 44.9 Å². The maximum Gasteiger partial charge on any atom is 0.0911 e. The Labute approximate surface area is 479 Å². The van der Waals surface area contributed by atoms with Crippen molar-refractivity contribution < 1.29 is 8.56 Å². The minimum Gasteiger partial charge on any atom is -0.0925 e. The van der Waals surface area contributed by atoms with Gasteiger partial charge >= 0.3 is 0 Å². The van der Waals surface area contributed by atoms with Crippen LogP contribution in [0.4, 0.5) is 0 Å². The summed E-state index contributed by atoms with van der Waals surface area (Å²) in [6.07, 6.45) is 31.1. The summed E-state index contributed by atoms with van der Waals surface area (Å²) in [5.74, 6) is 73.2. The van der Waals surface area contributed by atoms with Gasteiger partial charge in [-0.3, -0.25) is 0 Å². The second-order valence-corrected chi connectivity index (χ2v) is 17.9. The highest BCUT2D eigenvalue weighted by Crippen LogP contribution is 2.39. The molecule has 0 nitrogen and oxygen atoms in total. The van der Waals surface area contributed by atoms with Gasteiger partial charge in [0.05, 0.1) is 10.8 Å². The van der Waals surface area contributed by atoms with Crippen LogP contribution >= 0.6 is 0 Å². The van der Waals surface area contributed by atoms with Crippen LogP contribution < -0.4 is 0 Å². The molecule has 0 aromatic carbocycles. The van der Waals surface area contributed by atoms with Gasteiger partial charge in [-0.05, 0) is 178 Å². The van der Waals surface area contributed by atoms with Crippen LogP contribution in [0, 0.1) is 164 Å². The first-order valence-corrected chi connectivity index (χ1v) is 25.7. The minimum absolute atomic E-state index is 0. The number of hydrogen-bond acceptors (Lipinski definition) is 0. The highest BCUT2D eigenvalue weighted by atomic mass is 14.3. The van der Waals surface area contributed by atoms with Gasteiger partial charge in [-0.1, -0.05) is 274 Å². The van der Waals surface area contributed by atoms with Crippen LogP contribution in [0.25, 0.3) is 0 Å². The molecule has 0 rings (SSSR count). The van der Waals surface area contributed by atoms with Gasteiger partial charge in [0.2, 0.25) is 0 Å². The Balaban J connectivity index is -0.0000000623. The van der Waals surface area contributed by atoms with Crippen molar-refractivity contribution in [3.63, 3.8) is 0 Å². The van der Waals surface area contributed by atoms with Gasteiger partial charge in [0.15, 0.2) is 0 Å². The molecule has 0 heterocycles. The van der Waals surface area contributed by atoms with Crippen LogP contribution in [0.2, 0.25) is 0 Å². The Bertz CT molecular complexity index is 2080. The maximum absolute atomic E-state index is 3.65. The maximum atomic E-state index is 3.65. The molecule has 0 spiro atoms. The van der Waals surface area contributed by atoms with Crippen LogP contribution in [0.1, 0.15) is 318 Å². The van der Waals surface area contributed by atoms with Gasteiger partial charge in [0.25, 0.3) is 0 Å². The summed E-state index contributed by atoms with van der Waals surface area (Å²) in [5, 5.41) is 0. The van der Waals surface area contributed by atoms with Gasteiger partial charge in [0, 0.05) is 19.4 Å². The van der Waals surface area contributed by atoms with Crippen LogP contribution in [-0.2, 0) is 0 Å². The van der Waals surface area contributed by atoms with E-state index >= 15 is 0 Å². The summed E-state index contributed by atoms with van der Waals surface area (Å²) >= 11 is 0. The summed E-state index contributed by atoms with van der Waals surface area (Å²) in [7, 11) is 0. The Morgan fingerprint density at radius 2 is 0.405 bits per heavy atom. The second kappa shape index (κ2) is 63.8. The van der Waals surface area contributed by atoms with Gasteiger partial charge in [-0.25, -0.2) is 0 Å². The molecule has 0 aliphatic carbocycles. The summed E-state index contributed by atoms with van der Waals surface area (Å²) in [4.78, 5) is 0. The van der Waals surface area contributed by atoms with Crippen LogP contribution in [0.15, 0.2) is 0 Å². The number of hydrogen-bond donors (Lipinski definition) is 0. The normalized spacial score (nSPS) is 9.24. The average molecular weight is 1020 g/mol. The van der Waals surface area contributed by atoms with E-state index in [-0.39, 0.29) is 89.6 Å². The Hall–Kier alpha value is -5.28. The molecule has 0 amide bonds. The van der Waals surface area contributed by atoms with Crippen molar-refractivity contribution in [3.8, 4) is 142 Å². The van der Waals surface area contributed by atoms with Crippen molar-refractivity contribution in [2.75, 3.05) is 0 Å². The number of unbranched alkanes of at least 4 members (excludes halogenated alkanes) is 12. The lowest BCUT2D eigenvalue weighted by molar-refractivity contribution is 0.277. The molecular formula is C74H132. The predicted molar refractivity (Wildman–Crippen MR) is 358 cm³/mol. The summed E-state index contributed by atoms with van der Waals surface area (Å²) < 4.78 is 0. The van der Waals surface area contributed by atoms with Crippen molar-refractivity contribution in [1.82, 2.24) is 0 Å². The lowest BCUT2D eigenvalue weighted by Gasteiger charge is -2.29. The molecule has 0 saturated heterocycles. The lowest BCUT2D eigenvalue weighted by Crippen LogP contribution is -2.20. The Morgan fingerprint density at radius 1 is 0.230 bits per heavy atom. The molecule has 0 saturated carbocycles. The molecule has 0 N–H and O–H groups in total. The zero-order chi connectivity index (χ0) is 49.4. The van der Waals surface area contributed by atoms with Crippen molar-refractivity contribution in [2.45, 2.75) is 309 Å². The average Bonchev–Trinajstić information content (AvgIpc) is 3.30. The predicted octanol–water partition coefficient (Wildman–Crippen LogP) is 22.9. The van der Waals surface area contributed by atoms with Crippen molar-refractivity contribution >= 4 is 0 Å². The standard InChI is InChI=1S/C34H46.C32H42.8CH4.6H2/c1-7-12-17-24-31-34(29-21-15-10-4,30-22-16-11-5)32-25-18-23-28-33(6,26-19-13-8-2)27-20-14-9-3;1-7-12-17-24-31(6,25-18-13-8-2)26-22-23-30-32(27-19-14-9-3,28-20-15-10-4)29-21-16-11-5;;;;;;;;;;;;;;/h7,10,12,15,17-18,21,23-25,28-29,31-32H2,1-6H3;9-10,14-15,19-20,22-23,26-28,30H2,1-6H3;8*1H4;6*1H. The third kappa shape index (κ3) is 51.6. The van der Waals surface area contributed by atoms with E-state index < -0.39 is 0 Å².